The molecular weight excluding hydrogens is 581 g/mol. The van der Waals surface area contributed by atoms with Gasteiger partial charge in [-0.15, -0.1) is 0 Å². The highest BCUT2D eigenvalue weighted by Crippen LogP contribution is 2.43. The monoisotopic (exact) mass is 614 g/mol. The van der Waals surface area contributed by atoms with Crippen molar-refractivity contribution in [1.82, 2.24) is 0 Å². The Morgan fingerprint density at radius 3 is 2.31 bits per heavy atom. The van der Waals surface area contributed by atoms with Crippen LogP contribution >= 0.6 is 0 Å². The van der Waals surface area contributed by atoms with E-state index in [2.05, 4.69) is 19.1 Å². The highest BCUT2D eigenvalue weighted by atomic mass is 19.4. The van der Waals surface area contributed by atoms with Crippen LogP contribution in [0.4, 0.5) is 13.2 Å². The molecule has 4 aromatic rings. The number of hydrogen-bond donors (Lipinski definition) is 0. The quantitative estimate of drug-likeness (QED) is 0.117. The summed E-state index contributed by atoms with van der Waals surface area (Å²) in [6.07, 6.45) is -2.98. The molecule has 0 fully saturated rings. The van der Waals surface area contributed by atoms with Gasteiger partial charge in [-0.05, 0) is 85.2 Å². The number of halogens is 3. The van der Waals surface area contributed by atoms with E-state index in [1.165, 1.54) is 12.1 Å². The van der Waals surface area contributed by atoms with Crippen LogP contribution in [0.5, 0.6) is 11.5 Å². The van der Waals surface area contributed by atoms with Gasteiger partial charge in [-0.2, -0.15) is 23.7 Å². The van der Waals surface area contributed by atoms with Gasteiger partial charge in [-0.1, -0.05) is 43.2 Å². The number of alkyl halides is 3. The predicted molar refractivity (Wildman–Crippen MR) is 165 cm³/mol. The van der Waals surface area contributed by atoms with Gasteiger partial charge >= 0.3 is 12.1 Å². The van der Waals surface area contributed by atoms with Gasteiger partial charge < -0.3 is 14.2 Å². The van der Waals surface area contributed by atoms with Crippen molar-refractivity contribution in [1.29, 1.82) is 10.5 Å². The number of unbranched alkanes of at least 4 members (excludes halogenated alkanes) is 1. The number of ether oxygens (including phenoxy) is 3. The molecule has 9 heteroatoms. The van der Waals surface area contributed by atoms with Crippen LogP contribution in [0.2, 0.25) is 0 Å². The molecule has 0 saturated heterocycles. The molecule has 232 valence electrons. The SMILES string of the molecule is CCCCc1cc(Oc2ccc(C(=O)OCCOCC)cc2)c2c(-c3cc(C)cc(CC(F)(F)F)c3)c(C#N)c(C#N)cc2c1. The lowest BCUT2D eigenvalue weighted by atomic mass is 9.87. The average Bonchev–Trinajstić information content (AvgIpc) is 3.00. The number of carbonyl (C=O) groups excluding carboxylic acids is 1. The summed E-state index contributed by atoms with van der Waals surface area (Å²) in [7, 11) is 0. The second-order valence-electron chi connectivity index (χ2n) is 10.7. The number of nitrogens with zero attached hydrogens (tertiary/aromatic N) is 2. The molecule has 4 aromatic carbocycles. The lowest BCUT2D eigenvalue weighted by molar-refractivity contribution is -0.127. The van der Waals surface area contributed by atoms with Gasteiger partial charge in [0.2, 0.25) is 0 Å². The molecule has 0 bridgehead atoms. The van der Waals surface area contributed by atoms with Crippen molar-refractivity contribution in [2.24, 2.45) is 0 Å². The molecule has 45 heavy (non-hydrogen) atoms. The molecule has 0 aromatic heterocycles. The molecule has 0 unspecified atom stereocenters. The Kier molecular flexibility index (Phi) is 10.8. The first-order valence-corrected chi connectivity index (χ1v) is 14.7. The summed E-state index contributed by atoms with van der Waals surface area (Å²) in [5.41, 5.74) is 2.75. The minimum Gasteiger partial charge on any atom is -0.460 e. The Labute approximate surface area is 260 Å². The minimum atomic E-state index is -4.43. The van der Waals surface area contributed by atoms with E-state index in [1.54, 1.807) is 43.3 Å². The van der Waals surface area contributed by atoms with Gasteiger partial charge in [-0.3, -0.25) is 0 Å². The molecule has 0 aliphatic carbocycles. The minimum absolute atomic E-state index is 0.0441. The first-order valence-electron chi connectivity index (χ1n) is 14.7. The van der Waals surface area contributed by atoms with Crippen LogP contribution in [0.15, 0.2) is 60.7 Å². The highest BCUT2D eigenvalue weighted by molar-refractivity contribution is 6.05. The van der Waals surface area contributed by atoms with Crippen LogP contribution in [0.1, 0.15) is 64.9 Å². The Hall–Kier alpha value is -4.86. The largest absolute Gasteiger partial charge is 0.460 e. The van der Waals surface area contributed by atoms with Crippen LogP contribution in [-0.4, -0.2) is 32.0 Å². The van der Waals surface area contributed by atoms with Gasteiger partial charge in [0.25, 0.3) is 0 Å². The Balaban J connectivity index is 1.88. The maximum atomic E-state index is 13.4. The summed E-state index contributed by atoms with van der Waals surface area (Å²) < 4.78 is 57.0. The van der Waals surface area contributed by atoms with Crippen molar-refractivity contribution in [3.8, 4) is 34.8 Å². The lowest BCUT2D eigenvalue weighted by Gasteiger charge is -2.18. The van der Waals surface area contributed by atoms with Crippen molar-refractivity contribution in [3.63, 3.8) is 0 Å². The number of rotatable bonds is 12. The first kappa shape index (κ1) is 33.0. The number of hydrogen-bond acceptors (Lipinski definition) is 6. The summed E-state index contributed by atoms with van der Waals surface area (Å²) in [5.74, 6) is 0.262. The lowest BCUT2D eigenvalue weighted by Crippen LogP contribution is -2.11. The van der Waals surface area contributed by atoms with E-state index in [0.717, 1.165) is 24.8 Å². The van der Waals surface area contributed by atoms with E-state index in [4.69, 9.17) is 14.2 Å². The van der Waals surface area contributed by atoms with Gasteiger partial charge in [0.05, 0.1) is 29.7 Å². The molecule has 0 saturated carbocycles. The van der Waals surface area contributed by atoms with Crippen molar-refractivity contribution in [2.45, 2.75) is 52.6 Å². The zero-order valence-electron chi connectivity index (χ0n) is 25.4. The van der Waals surface area contributed by atoms with E-state index < -0.39 is 18.6 Å². The zero-order chi connectivity index (χ0) is 32.6. The Morgan fingerprint density at radius 1 is 0.911 bits per heavy atom. The summed E-state index contributed by atoms with van der Waals surface area (Å²) in [5, 5.41) is 21.3. The van der Waals surface area contributed by atoms with E-state index >= 15 is 0 Å². The standard InChI is InChI=1S/C36H33F3N2O4/c1-4-6-7-24-16-28-19-29(21-40)31(22-41)33(27-15-23(3)14-25(17-27)20-36(37,38)39)34(28)32(18-24)45-30-10-8-26(9-11-30)35(42)44-13-12-43-5-2/h8-11,14-19H,4-7,12-13,20H2,1-3H3. The molecule has 0 heterocycles. The smallest absolute Gasteiger partial charge is 0.393 e. The van der Waals surface area contributed by atoms with Gasteiger partial charge in [-0.25, -0.2) is 4.79 Å². The molecular formula is C36H33F3N2O4. The number of benzene rings is 4. The van der Waals surface area contributed by atoms with Crippen LogP contribution < -0.4 is 4.74 Å². The van der Waals surface area contributed by atoms with Crippen LogP contribution in [-0.2, 0) is 22.3 Å². The number of nitriles is 2. The summed E-state index contributed by atoms with van der Waals surface area (Å²) in [6.45, 7) is 6.55. The van der Waals surface area contributed by atoms with E-state index in [0.29, 0.717) is 57.7 Å². The van der Waals surface area contributed by atoms with E-state index in [9.17, 15) is 28.5 Å². The first-order chi connectivity index (χ1) is 21.6. The summed E-state index contributed by atoms with van der Waals surface area (Å²) in [6, 6.07) is 20.6. The number of esters is 1. The van der Waals surface area contributed by atoms with E-state index in [-0.39, 0.29) is 23.3 Å². The third-order valence-corrected chi connectivity index (χ3v) is 7.13. The third kappa shape index (κ3) is 8.41. The van der Waals surface area contributed by atoms with Gasteiger partial charge in [0, 0.05) is 17.6 Å². The zero-order valence-corrected chi connectivity index (χ0v) is 25.4. The molecule has 6 nitrogen and oxygen atoms in total. The van der Waals surface area contributed by atoms with E-state index in [1.807, 2.05) is 19.1 Å². The fraction of sp³-hybridized carbons (Fsp3) is 0.306. The molecule has 4 rings (SSSR count). The fourth-order valence-electron chi connectivity index (χ4n) is 5.21. The van der Waals surface area contributed by atoms with Crippen LogP contribution in [0, 0.1) is 29.6 Å². The maximum Gasteiger partial charge on any atom is 0.393 e. The summed E-state index contributed by atoms with van der Waals surface area (Å²) >= 11 is 0. The topological polar surface area (TPSA) is 92.3 Å². The second kappa shape index (κ2) is 14.7. The normalized spacial score (nSPS) is 11.2. The third-order valence-electron chi connectivity index (χ3n) is 7.13. The fourth-order valence-corrected chi connectivity index (χ4v) is 5.21. The van der Waals surface area contributed by atoms with Crippen molar-refractivity contribution in [2.75, 3.05) is 19.8 Å². The molecule has 0 amide bonds. The molecule has 0 atom stereocenters. The molecule has 0 aliphatic heterocycles. The maximum absolute atomic E-state index is 13.4. The molecule has 0 aliphatic rings. The molecule has 0 spiro atoms. The predicted octanol–water partition coefficient (Wildman–Crippen LogP) is 8.99. The average molecular weight is 615 g/mol. The second-order valence-corrected chi connectivity index (χ2v) is 10.7. The Morgan fingerprint density at radius 2 is 1.67 bits per heavy atom. The molecule has 0 radical (unpaired) electrons. The van der Waals surface area contributed by atoms with Crippen LogP contribution in [0.3, 0.4) is 0 Å². The van der Waals surface area contributed by atoms with Crippen molar-refractivity contribution in [3.05, 3.63) is 94.0 Å². The number of carbonyl (C=O) groups is 1. The highest BCUT2D eigenvalue weighted by Gasteiger charge is 2.28. The molecule has 0 N–H and O–H groups in total. The summed E-state index contributed by atoms with van der Waals surface area (Å²) in [4.78, 5) is 12.4. The number of fused-ring (bicyclic) bond motifs is 1. The Bertz CT molecular complexity index is 1770. The van der Waals surface area contributed by atoms with Crippen LogP contribution in [0.25, 0.3) is 21.9 Å². The van der Waals surface area contributed by atoms with Gasteiger partial charge in [0.1, 0.15) is 30.2 Å². The van der Waals surface area contributed by atoms with Gasteiger partial charge in [0.15, 0.2) is 0 Å². The van der Waals surface area contributed by atoms with Crippen molar-refractivity contribution >= 4 is 16.7 Å². The number of aryl methyl sites for hydroxylation is 2. The van der Waals surface area contributed by atoms with Crippen molar-refractivity contribution < 1.29 is 32.2 Å².